The molecule has 2 aromatic rings. The first-order valence-corrected chi connectivity index (χ1v) is 11.7. The number of carbonyl (C=O) groups is 2. The van der Waals surface area contributed by atoms with Crippen LogP contribution in [0.3, 0.4) is 0 Å². The van der Waals surface area contributed by atoms with E-state index in [2.05, 4.69) is 0 Å². The van der Waals surface area contributed by atoms with Crippen LogP contribution in [-0.2, 0) is 48.2 Å². The van der Waals surface area contributed by atoms with Crippen LogP contribution in [0.5, 0.6) is 0 Å². The van der Waals surface area contributed by atoms with Gasteiger partial charge in [-0.25, -0.2) is 0 Å². The summed E-state index contributed by atoms with van der Waals surface area (Å²) >= 11 is -1.31. The average Bonchev–Trinajstić information content (AvgIpc) is 3.18. The molecule has 0 saturated carbocycles. The number of carbonyl (C=O) groups excluding carboxylic acids is 2. The minimum atomic E-state index is -1.31. The molecule has 0 aliphatic carbocycles. The largest absolute Gasteiger partial charge is 0.616 e. The molecule has 4 rings (SSSR count). The second kappa shape index (κ2) is 9.06. The number of hydrogen-bond donors (Lipinski definition) is 0. The quantitative estimate of drug-likeness (QED) is 0.371. The molecule has 2 heterocycles. The van der Waals surface area contributed by atoms with Crippen molar-refractivity contribution in [2.45, 2.75) is 48.7 Å². The van der Waals surface area contributed by atoms with Crippen molar-refractivity contribution in [3.05, 3.63) is 71.8 Å². The van der Waals surface area contributed by atoms with E-state index in [9.17, 15) is 14.1 Å². The van der Waals surface area contributed by atoms with Crippen molar-refractivity contribution < 1.29 is 28.4 Å². The number of rotatable bonds is 7. The zero-order valence-corrected chi connectivity index (χ0v) is 18.4. The molecule has 0 aromatic heterocycles. The molecule has 2 bridgehead atoms. The van der Waals surface area contributed by atoms with Gasteiger partial charge in [0.1, 0.15) is 43.1 Å². The molecule has 0 radical (unpaired) electrons. The van der Waals surface area contributed by atoms with Crippen molar-refractivity contribution in [2.24, 2.45) is 5.92 Å². The fraction of sp³-hybridized carbons (Fsp3) is 0.391. The Morgan fingerprint density at radius 1 is 1.03 bits per heavy atom. The van der Waals surface area contributed by atoms with E-state index in [0.717, 1.165) is 11.1 Å². The molecule has 2 unspecified atom stereocenters. The fourth-order valence-corrected chi connectivity index (χ4v) is 6.79. The van der Waals surface area contributed by atoms with Crippen molar-refractivity contribution in [2.75, 3.05) is 0 Å². The van der Waals surface area contributed by atoms with Gasteiger partial charge in [-0.3, -0.25) is 9.59 Å². The molecular formula is C23H25BO6S. The molecule has 2 aromatic carbocycles. The summed E-state index contributed by atoms with van der Waals surface area (Å²) in [6.07, 6.45) is -0.140. The zero-order valence-electron chi connectivity index (χ0n) is 17.6. The molecule has 2 saturated heterocycles. The highest BCUT2D eigenvalue weighted by molar-refractivity contribution is 7.93. The Bertz CT molecular complexity index is 926. The third-order valence-electron chi connectivity index (χ3n) is 6.17. The summed E-state index contributed by atoms with van der Waals surface area (Å²) in [7, 11) is 1.79. The number of ether oxygens (including phenoxy) is 3. The SMILES string of the molecule is B[C@@H]1O[C@]2(CC(=O)OCc3ccccc3)C(C(=O)OCc3ccccc3)C1[S@+]([O-])[C@@H]2C. The Morgan fingerprint density at radius 2 is 1.58 bits per heavy atom. The van der Waals surface area contributed by atoms with Gasteiger partial charge >= 0.3 is 11.9 Å². The lowest BCUT2D eigenvalue weighted by atomic mass is 9.80. The van der Waals surface area contributed by atoms with Gasteiger partial charge in [-0.05, 0) is 29.2 Å². The lowest BCUT2D eigenvalue weighted by molar-refractivity contribution is -0.162. The highest BCUT2D eigenvalue weighted by Crippen LogP contribution is 2.54. The predicted molar refractivity (Wildman–Crippen MR) is 118 cm³/mol. The van der Waals surface area contributed by atoms with Gasteiger partial charge < -0.3 is 18.8 Å². The van der Waals surface area contributed by atoms with Crippen LogP contribution in [0.1, 0.15) is 24.5 Å². The molecular weight excluding hydrogens is 415 g/mol. The van der Waals surface area contributed by atoms with Crippen LogP contribution >= 0.6 is 0 Å². The molecule has 6 atom stereocenters. The number of benzene rings is 2. The monoisotopic (exact) mass is 440 g/mol. The van der Waals surface area contributed by atoms with Crippen LogP contribution in [0, 0.1) is 5.92 Å². The first-order valence-electron chi connectivity index (χ1n) is 10.4. The Labute approximate surface area is 185 Å². The van der Waals surface area contributed by atoms with Crippen molar-refractivity contribution in [3.63, 3.8) is 0 Å². The fourth-order valence-electron chi connectivity index (χ4n) is 4.60. The Kier molecular flexibility index (Phi) is 6.41. The first kappa shape index (κ1) is 21.9. The van der Waals surface area contributed by atoms with E-state index >= 15 is 0 Å². The molecule has 6 nitrogen and oxygen atoms in total. The van der Waals surface area contributed by atoms with Crippen molar-refractivity contribution >= 4 is 31.0 Å². The highest BCUT2D eigenvalue weighted by atomic mass is 32.2. The third kappa shape index (κ3) is 4.24. The first-order chi connectivity index (χ1) is 14.9. The number of esters is 2. The van der Waals surface area contributed by atoms with E-state index in [0.29, 0.717) is 0 Å². The molecule has 0 spiro atoms. The summed E-state index contributed by atoms with van der Waals surface area (Å²) in [5, 5.41) is -0.979. The zero-order chi connectivity index (χ0) is 22.0. The van der Waals surface area contributed by atoms with Crippen LogP contribution in [0.25, 0.3) is 0 Å². The Hall–Kier alpha value is -2.29. The molecule has 2 aliphatic rings. The van der Waals surface area contributed by atoms with Gasteiger partial charge in [0, 0.05) is 0 Å². The van der Waals surface area contributed by atoms with Crippen LogP contribution in [0.2, 0.25) is 0 Å². The predicted octanol–water partition coefficient (Wildman–Crippen LogP) is 1.73. The summed E-state index contributed by atoms with van der Waals surface area (Å²) < 4.78 is 30.2. The summed E-state index contributed by atoms with van der Waals surface area (Å²) in [5.41, 5.74) is 0.547. The number of hydrogen-bond acceptors (Lipinski definition) is 6. The summed E-state index contributed by atoms with van der Waals surface area (Å²) in [4.78, 5) is 25.8. The van der Waals surface area contributed by atoms with E-state index < -0.39 is 51.1 Å². The van der Waals surface area contributed by atoms with E-state index in [1.807, 2.05) is 60.7 Å². The van der Waals surface area contributed by atoms with Crippen LogP contribution in [0.4, 0.5) is 0 Å². The van der Waals surface area contributed by atoms with Gasteiger partial charge in [0.2, 0.25) is 0 Å². The maximum absolute atomic E-state index is 13.1. The maximum atomic E-state index is 13.1. The molecule has 2 fully saturated rings. The van der Waals surface area contributed by atoms with Gasteiger partial charge in [0.05, 0.1) is 12.4 Å². The van der Waals surface area contributed by atoms with Gasteiger partial charge in [-0.15, -0.1) is 0 Å². The van der Waals surface area contributed by atoms with Gasteiger partial charge in [0.15, 0.2) is 0 Å². The molecule has 0 amide bonds. The Balaban J connectivity index is 1.48. The molecule has 31 heavy (non-hydrogen) atoms. The Morgan fingerprint density at radius 3 is 2.16 bits per heavy atom. The average molecular weight is 440 g/mol. The highest BCUT2D eigenvalue weighted by Gasteiger charge is 2.74. The smallest absolute Gasteiger partial charge is 0.317 e. The summed E-state index contributed by atoms with van der Waals surface area (Å²) in [5.74, 6) is -1.73. The van der Waals surface area contributed by atoms with E-state index in [1.54, 1.807) is 14.8 Å². The standard InChI is InChI=1S/C23H25BO6S/c1-15-23(12-18(25)28-13-16-8-4-2-5-9-16)19(20(31(15)27)21(24)30-23)22(26)29-14-17-10-6-3-7-11-17/h2-11,15,19-21H,12-14,24H2,1H3/t15-,19?,20?,21-,23+,31-/m1/s1. The number of fused-ring (bicyclic) bond motifs is 2. The summed E-state index contributed by atoms with van der Waals surface area (Å²) in [6, 6.07) is 18.3. The second-order valence-electron chi connectivity index (χ2n) is 8.11. The van der Waals surface area contributed by atoms with Gasteiger partial charge in [-0.2, -0.15) is 0 Å². The van der Waals surface area contributed by atoms with Gasteiger partial charge in [0.25, 0.3) is 0 Å². The molecule has 162 valence electrons. The lowest BCUT2D eigenvalue weighted by Gasteiger charge is -2.35. The summed E-state index contributed by atoms with van der Waals surface area (Å²) in [6.45, 7) is 2.02. The van der Waals surface area contributed by atoms with Crippen LogP contribution in [0.15, 0.2) is 60.7 Å². The molecule has 0 N–H and O–H groups in total. The minimum Gasteiger partial charge on any atom is -0.616 e. The lowest BCUT2D eigenvalue weighted by Crippen LogP contribution is -2.50. The van der Waals surface area contributed by atoms with E-state index in [-0.39, 0.29) is 19.6 Å². The second-order valence-corrected chi connectivity index (χ2v) is 10.0. The normalized spacial score (nSPS) is 31.4. The maximum Gasteiger partial charge on any atom is 0.317 e. The van der Waals surface area contributed by atoms with Crippen molar-refractivity contribution in [1.29, 1.82) is 0 Å². The van der Waals surface area contributed by atoms with Gasteiger partial charge in [-0.1, -0.05) is 60.7 Å². The topological polar surface area (TPSA) is 84.9 Å². The molecule has 8 heteroatoms. The minimum absolute atomic E-state index is 0.118. The third-order valence-corrected chi connectivity index (χ3v) is 8.46. The van der Waals surface area contributed by atoms with E-state index in [4.69, 9.17) is 14.2 Å². The van der Waals surface area contributed by atoms with E-state index in [1.165, 1.54) is 0 Å². The van der Waals surface area contributed by atoms with Crippen molar-refractivity contribution in [1.82, 2.24) is 0 Å². The van der Waals surface area contributed by atoms with Crippen LogP contribution in [-0.4, -0.2) is 46.4 Å². The van der Waals surface area contributed by atoms with Crippen molar-refractivity contribution in [3.8, 4) is 0 Å². The van der Waals surface area contributed by atoms with Crippen LogP contribution < -0.4 is 0 Å². The molecule has 2 aliphatic heterocycles.